The molecule has 6 heteroatoms. The van der Waals surface area contributed by atoms with Crippen LogP contribution in [-0.2, 0) is 14.3 Å². The second-order valence-corrected chi connectivity index (χ2v) is 1.32. The molecule has 0 aliphatic rings. The molecule has 1 amide bonds. The SMILES string of the molecule is CCOC(=O)C(=O)N(O)O. The van der Waals surface area contributed by atoms with E-state index in [0.29, 0.717) is 0 Å². The first kappa shape index (κ1) is 8.86. The van der Waals surface area contributed by atoms with Gasteiger partial charge in [-0.05, 0) is 6.92 Å². The van der Waals surface area contributed by atoms with Crippen LogP contribution in [0.2, 0.25) is 0 Å². The lowest BCUT2D eigenvalue weighted by molar-refractivity contribution is -0.284. The Labute approximate surface area is 56.5 Å². The van der Waals surface area contributed by atoms with Gasteiger partial charge in [0.2, 0.25) is 0 Å². The van der Waals surface area contributed by atoms with Crippen molar-refractivity contribution in [2.75, 3.05) is 6.61 Å². The third kappa shape index (κ3) is 2.42. The zero-order valence-electron chi connectivity index (χ0n) is 5.27. The Morgan fingerprint density at radius 1 is 1.50 bits per heavy atom. The lowest BCUT2D eigenvalue weighted by atomic mass is 10.6. The van der Waals surface area contributed by atoms with Gasteiger partial charge in [0.15, 0.2) is 0 Å². The lowest BCUT2D eigenvalue weighted by Gasteiger charge is -2.03. The Kier molecular flexibility index (Phi) is 3.37. The quantitative estimate of drug-likeness (QED) is 0.219. The van der Waals surface area contributed by atoms with Crippen LogP contribution in [0.15, 0.2) is 0 Å². The molecule has 0 aromatic rings. The summed E-state index contributed by atoms with van der Waals surface area (Å²) in [6.45, 7) is 1.50. The van der Waals surface area contributed by atoms with Crippen molar-refractivity contribution in [3.8, 4) is 0 Å². The summed E-state index contributed by atoms with van der Waals surface area (Å²) in [5.74, 6) is -2.81. The van der Waals surface area contributed by atoms with Gasteiger partial charge in [-0.3, -0.25) is 15.2 Å². The molecule has 0 heterocycles. The number of hydrogen-bond donors (Lipinski definition) is 2. The number of esters is 1. The molecule has 0 aromatic carbocycles. The number of carbonyl (C=O) groups excluding carboxylic acids is 2. The molecule has 10 heavy (non-hydrogen) atoms. The van der Waals surface area contributed by atoms with E-state index in [0.717, 1.165) is 0 Å². The maximum Gasteiger partial charge on any atom is 0.401 e. The van der Waals surface area contributed by atoms with Gasteiger partial charge in [-0.25, -0.2) is 4.79 Å². The van der Waals surface area contributed by atoms with Crippen molar-refractivity contribution in [3.05, 3.63) is 0 Å². The van der Waals surface area contributed by atoms with E-state index >= 15 is 0 Å². The van der Waals surface area contributed by atoms with Crippen LogP contribution in [0.25, 0.3) is 0 Å². The van der Waals surface area contributed by atoms with E-state index in [-0.39, 0.29) is 6.61 Å². The number of rotatable bonds is 1. The smallest absolute Gasteiger partial charge is 0.401 e. The van der Waals surface area contributed by atoms with Crippen molar-refractivity contribution in [2.45, 2.75) is 6.92 Å². The molecular weight excluding hydrogens is 142 g/mol. The number of ether oxygens (including phenoxy) is 1. The molecule has 2 N–H and O–H groups in total. The molecule has 0 saturated carbocycles. The lowest BCUT2D eigenvalue weighted by Crippen LogP contribution is -2.32. The Morgan fingerprint density at radius 2 is 2.00 bits per heavy atom. The Balaban J connectivity index is 3.83. The van der Waals surface area contributed by atoms with Gasteiger partial charge in [-0.15, -0.1) is 0 Å². The van der Waals surface area contributed by atoms with Crippen LogP contribution in [0.5, 0.6) is 0 Å². The molecule has 0 atom stereocenters. The first-order chi connectivity index (χ1) is 4.59. The minimum absolute atomic E-state index is 0.0123. The third-order valence-corrected chi connectivity index (χ3v) is 0.632. The van der Waals surface area contributed by atoms with Crippen molar-refractivity contribution < 1.29 is 24.7 Å². The topological polar surface area (TPSA) is 87.1 Å². The van der Waals surface area contributed by atoms with Gasteiger partial charge < -0.3 is 4.74 Å². The van der Waals surface area contributed by atoms with Crippen LogP contribution in [0, 0.1) is 0 Å². The van der Waals surface area contributed by atoms with Gasteiger partial charge in [0, 0.05) is 0 Å². The largest absolute Gasteiger partial charge is 0.459 e. The van der Waals surface area contributed by atoms with Gasteiger partial charge in [-0.2, -0.15) is 0 Å². The molecule has 0 fully saturated rings. The van der Waals surface area contributed by atoms with E-state index in [2.05, 4.69) is 4.74 Å². The molecule has 0 rings (SSSR count). The normalized spacial score (nSPS) is 8.70. The number of amides is 1. The zero-order chi connectivity index (χ0) is 8.15. The molecule has 0 saturated heterocycles. The van der Waals surface area contributed by atoms with Crippen molar-refractivity contribution in [1.82, 2.24) is 5.23 Å². The predicted octanol–water partition coefficient (Wildman–Crippen LogP) is -0.843. The van der Waals surface area contributed by atoms with E-state index in [9.17, 15) is 9.59 Å². The Hall–Kier alpha value is -1.14. The fraction of sp³-hybridized carbons (Fsp3) is 0.500. The van der Waals surface area contributed by atoms with E-state index in [4.69, 9.17) is 10.4 Å². The highest BCUT2D eigenvalue weighted by Crippen LogP contribution is 1.82. The second-order valence-electron chi connectivity index (χ2n) is 1.32. The van der Waals surface area contributed by atoms with Crippen LogP contribution >= 0.6 is 0 Å². The number of nitrogens with zero attached hydrogens (tertiary/aromatic N) is 1. The number of carbonyl (C=O) groups is 2. The molecule has 0 spiro atoms. The highest BCUT2D eigenvalue weighted by molar-refractivity contribution is 6.31. The van der Waals surface area contributed by atoms with E-state index in [1.54, 1.807) is 0 Å². The molecule has 0 radical (unpaired) electrons. The monoisotopic (exact) mass is 149 g/mol. The van der Waals surface area contributed by atoms with Crippen LogP contribution < -0.4 is 0 Å². The first-order valence-electron chi connectivity index (χ1n) is 2.48. The highest BCUT2D eigenvalue weighted by atomic mass is 16.8. The van der Waals surface area contributed by atoms with Crippen LogP contribution in [0.4, 0.5) is 0 Å². The minimum Gasteiger partial charge on any atom is -0.459 e. The van der Waals surface area contributed by atoms with Crippen molar-refractivity contribution in [1.29, 1.82) is 0 Å². The maximum absolute atomic E-state index is 10.3. The predicted molar refractivity (Wildman–Crippen MR) is 27.1 cm³/mol. The summed E-state index contributed by atoms with van der Waals surface area (Å²) in [5, 5.41) is 15.1. The molecule has 58 valence electrons. The fourth-order valence-corrected chi connectivity index (χ4v) is 0.274. The summed E-state index contributed by atoms with van der Waals surface area (Å²) < 4.78 is 4.11. The molecule has 0 aliphatic carbocycles. The first-order valence-corrected chi connectivity index (χ1v) is 2.48. The summed E-state index contributed by atoms with van der Waals surface area (Å²) in [6, 6.07) is 0. The van der Waals surface area contributed by atoms with E-state index in [1.807, 2.05) is 0 Å². The maximum atomic E-state index is 10.3. The summed E-state index contributed by atoms with van der Waals surface area (Å²) in [7, 11) is 0. The van der Waals surface area contributed by atoms with Crippen molar-refractivity contribution in [3.63, 3.8) is 0 Å². The van der Waals surface area contributed by atoms with E-state index in [1.165, 1.54) is 6.92 Å². The number of hydroxylamine groups is 2. The van der Waals surface area contributed by atoms with Gasteiger partial charge in [0.05, 0.1) is 6.61 Å². The van der Waals surface area contributed by atoms with Crippen LogP contribution in [0.1, 0.15) is 6.92 Å². The number of hydrogen-bond acceptors (Lipinski definition) is 5. The minimum atomic E-state index is -1.51. The van der Waals surface area contributed by atoms with Gasteiger partial charge in [0.1, 0.15) is 0 Å². The Morgan fingerprint density at radius 3 is 2.30 bits per heavy atom. The second kappa shape index (κ2) is 3.80. The van der Waals surface area contributed by atoms with Gasteiger partial charge >= 0.3 is 11.9 Å². The summed E-state index contributed by atoms with van der Waals surface area (Å²) in [4.78, 5) is 20.4. The van der Waals surface area contributed by atoms with Crippen molar-refractivity contribution >= 4 is 11.9 Å². The van der Waals surface area contributed by atoms with Crippen molar-refractivity contribution in [2.24, 2.45) is 0 Å². The third-order valence-electron chi connectivity index (χ3n) is 0.632. The van der Waals surface area contributed by atoms with E-state index < -0.39 is 17.1 Å². The molecule has 0 bridgehead atoms. The standard InChI is InChI=1S/C4H7NO5/c1-2-10-4(7)3(6)5(8)9/h8-9H,2H2,1H3. The fourth-order valence-electron chi connectivity index (χ4n) is 0.274. The molecule has 6 nitrogen and oxygen atoms in total. The average Bonchev–Trinajstić information content (AvgIpc) is 1.87. The van der Waals surface area contributed by atoms with Crippen LogP contribution in [-0.4, -0.2) is 34.1 Å². The zero-order valence-corrected chi connectivity index (χ0v) is 5.27. The summed E-state index contributed by atoms with van der Waals surface area (Å²) in [6.07, 6.45) is 0. The molecule has 0 unspecified atom stereocenters. The molecule has 0 aromatic heterocycles. The Bertz CT molecular complexity index is 143. The summed E-state index contributed by atoms with van der Waals surface area (Å²) >= 11 is 0. The molecular formula is C4H7NO5. The van der Waals surface area contributed by atoms with Gasteiger partial charge in [0.25, 0.3) is 0 Å². The average molecular weight is 149 g/mol. The summed E-state index contributed by atoms with van der Waals surface area (Å²) in [5.41, 5.74) is 0. The van der Waals surface area contributed by atoms with Gasteiger partial charge in [-0.1, -0.05) is 5.23 Å². The van der Waals surface area contributed by atoms with Crippen LogP contribution in [0.3, 0.4) is 0 Å². The molecule has 0 aliphatic heterocycles. The highest BCUT2D eigenvalue weighted by Gasteiger charge is 2.19.